The van der Waals surface area contributed by atoms with Gasteiger partial charge in [-0.3, -0.25) is 4.79 Å². The number of piperidine rings is 1. The summed E-state index contributed by atoms with van der Waals surface area (Å²) in [5.74, 6) is 0.602. The van der Waals surface area contributed by atoms with Gasteiger partial charge < -0.3 is 10.0 Å². The molecule has 0 bridgehead atoms. The van der Waals surface area contributed by atoms with Gasteiger partial charge in [0.2, 0.25) is 15.9 Å². The monoisotopic (exact) mass is 416 g/mol. The molecule has 0 aliphatic carbocycles. The van der Waals surface area contributed by atoms with E-state index in [1.165, 1.54) is 5.56 Å². The second kappa shape index (κ2) is 8.97. The highest BCUT2D eigenvalue weighted by Gasteiger charge is 2.24. The Hall–Kier alpha value is -2.38. The average molecular weight is 417 g/mol. The zero-order valence-corrected chi connectivity index (χ0v) is 17.7. The minimum atomic E-state index is -3.63. The van der Waals surface area contributed by atoms with Crippen LogP contribution in [0.5, 0.6) is 5.75 Å². The van der Waals surface area contributed by atoms with Gasteiger partial charge in [0.1, 0.15) is 5.75 Å². The fourth-order valence-corrected chi connectivity index (χ4v) is 5.09. The van der Waals surface area contributed by atoms with Crippen LogP contribution in [0, 0.1) is 13.8 Å². The first-order valence-corrected chi connectivity index (χ1v) is 11.4. The minimum absolute atomic E-state index is 0.0298. The number of aromatic hydroxyl groups is 1. The summed E-state index contributed by atoms with van der Waals surface area (Å²) in [6, 6.07) is 12.5. The van der Waals surface area contributed by atoms with E-state index >= 15 is 0 Å². The lowest BCUT2D eigenvalue weighted by molar-refractivity contribution is -0.132. The summed E-state index contributed by atoms with van der Waals surface area (Å²) < 4.78 is 27.6. The number of carbonyl (C=O) groups is 1. The number of phenolic OH excluding ortho intramolecular Hbond substituents is 1. The molecular weight excluding hydrogens is 388 g/mol. The fourth-order valence-electron chi connectivity index (χ4n) is 3.73. The van der Waals surface area contributed by atoms with Gasteiger partial charge in [-0.15, -0.1) is 0 Å². The molecule has 3 rings (SSSR count). The standard InChI is InChI=1S/C22H28N2O4S/c1-16-3-4-17(2)21(15-16)29(27,28)23-12-9-22(26)24-13-10-19(11-14-24)18-5-7-20(25)8-6-18/h3-8,15,19,23,25H,9-14H2,1-2H3. The highest BCUT2D eigenvalue weighted by molar-refractivity contribution is 7.89. The van der Waals surface area contributed by atoms with Crippen molar-refractivity contribution >= 4 is 15.9 Å². The molecule has 156 valence electrons. The second-order valence-corrected chi connectivity index (χ2v) is 9.40. The molecule has 2 N–H and O–H groups in total. The van der Waals surface area contributed by atoms with Crippen LogP contribution in [0.3, 0.4) is 0 Å². The third kappa shape index (κ3) is 5.36. The lowest BCUT2D eigenvalue weighted by Gasteiger charge is -2.32. The Morgan fingerprint density at radius 3 is 2.41 bits per heavy atom. The Morgan fingerprint density at radius 2 is 1.76 bits per heavy atom. The number of nitrogens with one attached hydrogen (secondary N) is 1. The summed E-state index contributed by atoms with van der Waals surface area (Å²) in [5, 5.41) is 9.41. The van der Waals surface area contributed by atoms with Crippen molar-refractivity contribution in [1.29, 1.82) is 0 Å². The van der Waals surface area contributed by atoms with Gasteiger partial charge in [0.05, 0.1) is 4.90 Å². The van der Waals surface area contributed by atoms with E-state index in [1.54, 1.807) is 31.2 Å². The summed E-state index contributed by atoms with van der Waals surface area (Å²) >= 11 is 0. The highest BCUT2D eigenvalue weighted by atomic mass is 32.2. The van der Waals surface area contributed by atoms with Crippen LogP contribution in [-0.4, -0.2) is 44.0 Å². The first-order chi connectivity index (χ1) is 13.8. The number of likely N-dealkylation sites (tertiary alicyclic amines) is 1. The number of sulfonamides is 1. The predicted molar refractivity (Wildman–Crippen MR) is 112 cm³/mol. The largest absolute Gasteiger partial charge is 0.508 e. The van der Waals surface area contributed by atoms with E-state index < -0.39 is 10.0 Å². The quantitative estimate of drug-likeness (QED) is 0.758. The normalized spacial score (nSPS) is 15.4. The predicted octanol–water partition coefficient (Wildman–Crippen LogP) is 3.08. The topological polar surface area (TPSA) is 86.7 Å². The number of carbonyl (C=O) groups excluding carboxylic acids is 1. The van der Waals surface area contributed by atoms with Crippen LogP contribution in [0.1, 0.15) is 41.9 Å². The average Bonchev–Trinajstić information content (AvgIpc) is 2.70. The molecule has 0 saturated carbocycles. The molecule has 0 radical (unpaired) electrons. The number of benzene rings is 2. The molecule has 0 atom stereocenters. The molecule has 0 unspecified atom stereocenters. The van der Waals surface area contributed by atoms with E-state index in [0.29, 0.717) is 24.6 Å². The van der Waals surface area contributed by atoms with Crippen molar-refractivity contribution in [2.24, 2.45) is 0 Å². The maximum atomic E-state index is 12.5. The molecule has 1 heterocycles. The Bertz CT molecular complexity index is 963. The van der Waals surface area contributed by atoms with Crippen LogP contribution >= 0.6 is 0 Å². The summed E-state index contributed by atoms with van der Waals surface area (Å²) in [5.41, 5.74) is 2.74. The van der Waals surface area contributed by atoms with Gasteiger partial charge in [0, 0.05) is 26.1 Å². The number of aryl methyl sites for hydroxylation is 2. The summed E-state index contributed by atoms with van der Waals surface area (Å²) in [6.07, 6.45) is 1.88. The zero-order chi connectivity index (χ0) is 21.0. The molecular formula is C22H28N2O4S. The Kier molecular flexibility index (Phi) is 6.59. The number of hydrogen-bond acceptors (Lipinski definition) is 4. The highest BCUT2D eigenvalue weighted by Crippen LogP contribution is 2.29. The number of amides is 1. The third-order valence-electron chi connectivity index (χ3n) is 5.48. The van der Waals surface area contributed by atoms with Crippen molar-refractivity contribution in [1.82, 2.24) is 9.62 Å². The lowest BCUT2D eigenvalue weighted by Crippen LogP contribution is -2.39. The maximum absolute atomic E-state index is 12.5. The van der Waals surface area contributed by atoms with E-state index in [2.05, 4.69) is 4.72 Å². The Balaban J connectivity index is 1.49. The molecule has 0 spiro atoms. The second-order valence-electron chi connectivity index (χ2n) is 7.66. The first kappa shape index (κ1) is 21.3. The zero-order valence-electron chi connectivity index (χ0n) is 16.9. The van der Waals surface area contributed by atoms with Crippen molar-refractivity contribution in [3.63, 3.8) is 0 Å². The van der Waals surface area contributed by atoms with E-state index in [1.807, 2.05) is 30.0 Å². The first-order valence-electron chi connectivity index (χ1n) is 9.90. The van der Waals surface area contributed by atoms with Gasteiger partial charge in [-0.1, -0.05) is 24.3 Å². The molecule has 2 aromatic rings. The van der Waals surface area contributed by atoms with Crippen LogP contribution in [-0.2, 0) is 14.8 Å². The maximum Gasteiger partial charge on any atom is 0.240 e. The summed E-state index contributed by atoms with van der Waals surface area (Å²) in [7, 11) is -3.63. The van der Waals surface area contributed by atoms with Crippen LogP contribution in [0.2, 0.25) is 0 Å². The SMILES string of the molecule is Cc1ccc(C)c(S(=O)(=O)NCCC(=O)N2CCC(c3ccc(O)cc3)CC2)c1. The van der Waals surface area contributed by atoms with Crippen LogP contribution in [0.4, 0.5) is 0 Å². The van der Waals surface area contributed by atoms with Crippen LogP contribution in [0.15, 0.2) is 47.4 Å². The molecule has 29 heavy (non-hydrogen) atoms. The van der Waals surface area contributed by atoms with Crippen molar-refractivity contribution in [3.8, 4) is 5.75 Å². The molecule has 1 saturated heterocycles. The van der Waals surface area contributed by atoms with Gasteiger partial charge >= 0.3 is 0 Å². The van der Waals surface area contributed by atoms with Gasteiger partial charge in [0.15, 0.2) is 0 Å². The third-order valence-corrected chi connectivity index (χ3v) is 7.08. The molecule has 1 aliphatic heterocycles. The minimum Gasteiger partial charge on any atom is -0.508 e. The molecule has 1 amide bonds. The number of phenols is 1. The fraction of sp³-hybridized carbons (Fsp3) is 0.409. The smallest absolute Gasteiger partial charge is 0.240 e. The number of rotatable bonds is 6. The van der Waals surface area contributed by atoms with E-state index in [0.717, 1.165) is 18.4 Å². The van der Waals surface area contributed by atoms with Crippen molar-refractivity contribution in [3.05, 3.63) is 59.2 Å². The van der Waals surface area contributed by atoms with Gasteiger partial charge in [-0.2, -0.15) is 0 Å². The summed E-state index contributed by atoms with van der Waals surface area (Å²) in [4.78, 5) is 14.6. The number of nitrogens with zero attached hydrogens (tertiary/aromatic N) is 1. The molecule has 7 heteroatoms. The molecule has 6 nitrogen and oxygen atoms in total. The van der Waals surface area contributed by atoms with Gasteiger partial charge in [-0.05, 0) is 67.5 Å². The van der Waals surface area contributed by atoms with E-state index in [-0.39, 0.29) is 29.5 Å². The van der Waals surface area contributed by atoms with Crippen LogP contribution in [0.25, 0.3) is 0 Å². The summed E-state index contributed by atoms with van der Waals surface area (Å²) in [6.45, 7) is 5.02. The van der Waals surface area contributed by atoms with Crippen molar-refractivity contribution in [2.75, 3.05) is 19.6 Å². The van der Waals surface area contributed by atoms with Gasteiger partial charge in [-0.25, -0.2) is 13.1 Å². The lowest BCUT2D eigenvalue weighted by atomic mass is 9.89. The molecule has 1 aliphatic rings. The van der Waals surface area contributed by atoms with E-state index in [9.17, 15) is 18.3 Å². The molecule has 0 aromatic heterocycles. The molecule has 1 fully saturated rings. The number of hydrogen-bond donors (Lipinski definition) is 2. The van der Waals surface area contributed by atoms with E-state index in [4.69, 9.17) is 0 Å². The Morgan fingerprint density at radius 1 is 1.10 bits per heavy atom. The van der Waals surface area contributed by atoms with Gasteiger partial charge in [0.25, 0.3) is 0 Å². The van der Waals surface area contributed by atoms with Crippen molar-refractivity contribution in [2.45, 2.75) is 43.9 Å². The Labute approximate surface area is 172 Å². The van der Waals surface area contributed by atoms with Crippen molar-refractivity contribution < 1.29 is 18.3 Å². The van der Waals surface area contributed by atoms with Crippen LogP contribution < -0.4 is 4.72 Å². The molecule has 2 aromatic carbocycles.